The van der Waals surface area contributed by atoms with E-state index in [9.17, 15) is 4.79 Å². The maximum Gasteiger partial charge on any atom is 0.225 e. The molecule has 1 aliphatic rings. The maximum atomic E-state index is 11.9. The molecule has 1 aromatic rings. The van der Waals surface area contributed by atoms with Crippen LogP contribution < -0.4 is 5.32 Å². The average molecular weight is 297 g/mol. The summed E-state index contributed by atoms with van der Waals surface area (Å²) in [5.41, 5.74) is 2.10. The lowest BCUT2D eigenvalue weighted by Crippen LogP contribution is -2.36. The van der Waals surface area contributed by atoms with Gasteiger partial charge in [0.1, 0.15) is 0 Å². The van der Waals surface area contributed by atoms with Crippen LogP contribution in [0, 0.1) is 12.8 Å². The summed E-state index contributed by atoms with van der Waals surface area (Å²) in [6.45, 7) is 7.49. The van der Waals surface area contributed by atoms with Crippen LogP contribution >= 0.6 is 12.4 Å². The molecule has 1 N–H and O–H groups in total. The number of likely N-dealkylation sites (tertiary alicyclic amines) is 1. The van der Waals surface area contributed by atoms with Crippen molar-refractivity contribution in [1.29, 1.82) is 0 Å². The zero-order chi connectivity index (χ0) is 13.7. The van der Waals surface area contributed by atoms with E-state index in [4.69, 9.17) is 0 Å². The lowest BCUT2D eigenvalue weighted by molar-refractivity contribution is -0.116. The predicted octanol–water partition coefficient (Wildman–Crippen LogP) is 3.48. The topological polar surface area (TPSA) is 32.3 Å². The molecule has 1 heterocycles. The summed E-state index contributed by atoms with van der Waals surface area (Å²) in [4.78, 5) is 14.3. The fourth-order valence-corrected chi connectivity index (χ4v) is 2.61. The van der Waals surface area contributed by atoms with Crippen LogP contribution in [0.1, 0.15) is 31.7 Å². The molecule has 4 heteroatoms. The zero-order valence-electron chi connectivity index (χ0n) is 12.4. The molecule has 0 saturated carbocycles. The monoisotopic (exact) mass is 296 g/mol. The number of aryl methyl sites for hydroxylation is 1. The molecule has 0 bridgehead atoms. The highest BCUT2D eigenvalue weighted by molar-refractivity contribution is 5.90. The van der Waals surface area contributed by atoms with Gasteiger partial charge in [-0.1, -0.05) is 24.6 Å². The zero-order valence-corrected chi connectivity index (χ0v) is 13.2. The van der Waals surface area contributed by atoms with Crippen LogP contribution in [-0.2, 0) is 4.79 Å². The van der Waals surface area contributed by atoms with Crippen LogP contribution in [-0.4, -0.2) is 30.4 Å². The smallest absolute Gasteiger partial charge is 0.225 e. The number of anilines is 1. The van der Waals surface area contributed by atoms with Crippen LogP contribution in [0.5, 0.6) is 0 Å². The van der Waals surface area contributed by atoms with E-state index in [1.165, 1.54) is 18.4 Å². The molecule has 0 spiro atoms. The van der Waals surface area contributed by atoms with Crippen molar-refractivity contribution in [1.82, 2.24) is 4.90 Å². The number of nitrogens with one attached hydrogen (secondary N) is 1. The average Bonchev–Trinajstić information content (AvgIpc) is 2.39. The Morgan fingerprint density at radius 1 is 1.35 bits per heavy atom. The number of halogens is 1. The molecule has 1 aliphatic heterocycles. The normalized spacial score (nSPS) is 19.2. The van der Waals surface area contributed by atoms with Gasteiger partial charge in [0.15, 0.2) is 0 Å². The van der Waals surface area contributed by atoms with Crippen LogP contribution in [0.4, 0.5) is 5.69 Å². The molecular formula is C16H25ClN2O. The van der Waals surface area contributed by atoms with Gasteiger partial charge in [-0.2, -0.15) is 0 Å². The van der Waals surface area contributed by atoms with Crippen LogP contribution in [0.3, 0.4) is 0 Å². The van der Waals surface area contributed by atoms with E-state index in [0.29, 0.717) is 6.42 Å². The summed E-state index contributed by atoms with van der Waals surface area (Å²) < 4.78 is 0. The van der Waals surface area contributed by atoms with Crippen molar-refractivity contribution < 1.29 is 4.79 Å². The molecule has 112 valence electrons. The summed E-state index contributed by atoms with van der Waals surface area (Å²) in [5.74, 6) is 0.885. The van der Waals surface area contributed by atoms with Gasteiger partial charge in [-0.3, -0.25) is 4.79 Å². The molecule has 0 aromatic heterocycles. The van der Waals surface area contributed by atoms with Crippen molar-refractivity contribution in [3.8, 4) is 0 Å². The Hall–Kier alpha value is -1.06. The number of carbonyl (C=O) groups is 1. The molecule has 1 amide bonds. The minimum atomic E-state index is 0. The quantitative estimate of drug-likeness (QED) is 0.922. The van der Waals surface area contributed by atoms with Crippen molar-refractivity contribution in [2.45, 2.75) is 33.1 Å². The highest BCUT2D eigenvalue weighted by atomic mass is 35.5. The molecule has 1 fully saturated rings. The Morgan fingerprint density at radius 2 is 2.05 bits per heavy atom. The molecule has 3 nitrogen and oxygen atoms in total. The van der Waals surface area contributed by atoms with Gasteiger partial charge in [-0.25, -0.2) is 0 Å². The first-order valence-electron chi connectivity index (χ1n) is 7.22. The summed E-state index contributed by atoms with van der Waals surface area (Å²) >= 11 is 0. The summed E-state index contributed by atoms with van der Waals surface area (Å²) in [6, 6.07) is 7.94. The van der Waals surface area contributed by atoms with E-state index in [1.807, 2.05) is 31.2 Å². The van der Waals surface area contributed by atoms with Crippen molar-refractivity contribution in [3.63, 3.8) is 0 Å². The van der Waals surface area contributed by atoms with Gasteiger partial charge >= 0.3 is 0 Å². The first-order chi connectivity index (χ1) is 9.13. The number of hydrogen-bond donors (Lipinski definition) is 1. The molecule has 2 rings (SSSR count). The van der Waals surface area contributed by atoms with Crippen LogP contribution in [0.2, 0.25) is 0 Å². The number of carbonyl (C=O) groups excluding carboxylic acids is 1. The molecular weight excluding hydrogens is 272 g/mol. The molecule has 1 aromatic carbocycles. The molecule has 20 heavy (non-hydrogen) atoms. The fraction of sp³-hybridized carbons (Fsp3) is 0.562. The second-order valence-electron chi connectivity index (χ2n) is 5.71. The maximum absolute atomic E-state index is 11.9. The SMILES string of the molecule is Cc1ccc(NC(=O)CCN2CCCC(C)C2)cc1.Cl. The number of amides is 1. The summed E-state index contributed by atoms with van der Waals surface area (Å²) in [5, 5.41) is 2.95. The van der Waals surface area contributed by atoms with Crippen molar-refractivity contribution in [2.24, 2.45) is 5.92 Å². The highest BCUT2D eigenvalue weighted by Gasteiger charge is 2.16. The van der Waals surface area contributed by atoms with E-state index in [0.717, 1.165) is 31.2 Å². The fourth-order valence-electron chi connectivity index (χ4n) is 2.61. The van der Waals surface area contributed by atoms with Gasteiger partial charge in [-0.15, -0.1) is 12.4 Å². The third-order valence-corrected chi connectivity index (χ3v) is 3.73. The standard InChI is InChI=1S/C16H24N2O.ClH/c1-13-5-7-15(8-6-13)17-16(19)9-11-18-10-3-4-14(2)12-18;/h5-8,14H,3-4,9-12H2,1-2H3,(H,17,19);1H. The van der Waals surface area contributed by atoms with Gasteiger partial charge in [-0.05, 0) is 44.4 Å². The Balaban J connectivity index is 0.00000200. The van der Waals surface area contributed by atoms with E-state index in [-0.39, 0.29) is 18.3 Å². The Labute approximate surface area is 128 Å². The van der Waals surface area contributed by atoms with Crippen molar-refractivity contribution >= 4 is 24.0 Å². The van der Waals surface area contributed by atoms with Gasteiger partial charge in [0.2, 0.25) is 5.91 Å². The second-order valence-corrected chi connectivity index (χ2v) is 5.71. The predicted molar refractivity (Wildman–Crippen MR) is 86.5 cm³/mol. The first kappa shape index (κ1) is 17.0. The van der Waals surface area contributed by atoms with Gasteiger partial charge in [0, 0.05) is 25.2 Å². The van der Waals surface area contributed by atoms with Crippen molar-refractivity contribution in [2.75, 3.05) is 25.0 Å². The second kappa shape index (κ2) is 8.28. The number of nitrogens with zero attached hydrogens (tertiary/aromatic N) is 1. The van der Waals surface area contributed by atoms with E-state index in [1.54, 1.807) is 0 Å². The number of rotatable bonds is 4. The molecule has 1 unspecified atom stereocenters. The Morgan fingerprint density at radius 3 is 2.70 bits per heavy atom. The lowest BCUT2D eigenvalue weighted by atomic mass is 10.0. The van der Waals surface area contributed by atoms with Gasteiger partial charge in [0.25, 0.3) is 0 Å². The summed E-state index contributed by atoms with van der Waals surface area (Å²) in [7, 11) is 0. The van der Waals surface area contributed by atoms with Crippen LogP contribution in [0.25, 0.3) is 0 Å². The molecule has 1 atom stereocenters. The first-order valence-corrected chi connectivity index (χ1v) is 7.22. The van der Waals surface area contributed by atoms with Gasteiger partial charge < -0.3 is 10.2 Å². The third-order valence-electron chi connectivity index (χ3n) is 3.73. The van der Waals surface area contributed by atoms with Gasteiger partial charge in [0.05, 0.1) is 0 Å². The summed E-state index contributed by atoms with van der Waals surface area (Å²) in [6.07, 6.45) is 3.17. The minimum Gasteiger partial charge on any atom is -0.326 e. The number of hydrogen-bond acceptors (Lipinski definition) is 2. The highest BCUT2D eigenvalue weighted by Crippen LogP contribution is 2.15. The largest absolute Gasteiger partial charge is 0.326 e. The Bertz CT molecular complexity index is 419. The molecule has 0 aliphatic carbocycles. The third kappa shape index (κ3) is 5.51. The van der Waals surface area contributed by atoms with Crippen LogP contribution in [0.15, 0.2) is 24.3 Å². The molecule has 0 radical (unpaired) electrons. The Kier molecular flexibility index (Phi) is 7.03. The van der Waals surface area contributed by atoms with E-state index in [2.05, 4.69) is 17.1 Å². The lowest BCUT2D eigenvalue weighted by Gasteiger charge is -2.30. The van der Waals surface area contributed by atoms with E-state index < -0.39 is 0 Å². The number of piperidine rings is 1. The minimum absolute atomic E-state index is 0. The van der Waals surface area contributed by atoms with E-state index >= 15 is 0 Å². The number of benzene rings is 1. The molecule has 1 saturated heterocycles. The van der Waals surface area contributed by atoms with Crippen molar-refractivity contribution in [3.05, 3.63) is 29.8 Å².